The van der Waals surface area contributed by atoms with E-state index < -0.39 is 0 Å². The van der Waals surface area contributed by atoms with Gasteiger partial charge in [0, 0.05) is 23.9 Å². The summed E-state index contributed by atoms with van der Waals surface area (Å²) < 4.78 is 5.50. The molecule has 2 rings (SSSR count). The molecule has 1 aromatic rings. The van der Waals surface area contributed by atoms with Crippen molar-refractivity contribution in [1.29, 1.82) is 0 Å². The lowest BCUT2D eigenvalue weighted by Crippen LogP contribution is -2.35. The van der Waals surface area contributed by atoms with Crippen molar-refractivity contribution in [1.82, 2.24) is 5.32 Å². The van der Waals surface area contributed by atoms with Crippen LogP contribution in [0.5, 0.6) is 0 Å². The summed E-state index contributed by atoms with van der Waals surface area (Å²) >= 11 is 0. The molecule has 94 valence electrons. The zero-order chi connectivity index (χ0) is 11.9. The summed E-state index contributed by atoms with van der Waals surface area (Å²) in [5.74, 6) is 0. The fourth-order valence-electron chi connectivity index (χ4n) is 2.19. The van der Waals surface area contributed by atoms with E-state index in [4.69, 9.17) is 4.74 Å². The summed E-state index contributed by atoms with van der Waals surface area (Å²) in [5, 5.41) is 7.02. The molecule has 0 spiro atoms. The van der Waals surface area contributed by atoms with Crippen LogP contribution < -0.4 is 10.6 Å². The summed E-state index contributed by atoms with van der Waals surface area (Å²) in [6, 6.07) is 9.04. The third-order valence-corrected chi connectivity index (χ3v) is 3.18. The number of hydrogen-bond donors (Lipinski definition) is 2. The van der Waals surface area contributed by atoms with E-state index in [9.17, 15) is 0 Å². The van der Waals surface area contributed by atoms with Crippen LogP contribution in [0, 0.1) is 0 Å². The maximum atomic E-state index is 5.50. The van der Waals surface area contributed by atoms with Gasteiger partial charge < -0.3 is 15.4 Å². The molecule has 0 saturated carbocycles. The third kappa shape index (κ3) is 3.72. The molecule has 1 aromatic carbocycles. The summed E-state index contributed by atoms with van der Waals surface area (Å²) in [6.07, 6.45) is 2.39. The van der Waals surface area contributed by atoms with Gasteiger partial charge in [-0.2, -0.15) is 0 Å². The first-order valence-electron chi connectivity index (χ1n) is 6.53. The highest BCUT2D eigenvalue weighted by atomic mass is 16.5. The van der Waals surface area contributed by atoms with E-state index >= 15 is 0 Å². The fraction of sp³-hybridized carbons (Fsp3) is 0.571. The molecule has 0 bridgehead atoms. The molecular weight excluding hydrogens is 212 g/mol. The minimum absolute atomic E-state index is 0.596. The fourth-order valence-corrected chi connectivity index (χ4v) is 2.19. The number of hydrogen-bond acceptors (Lipinski definition) is 3. The molecule has 1 saturated heterocycles. The third-order valence-electron chi connectivity index (χ3n) is 3.18. The molecule has 2 N–H and O–H groups in total. The van der Waals surface area contributed by atoms with Gasteiger partial charge in [-0.3, -0.25) is 0 Å². The van der Waals surface area contributed by atoms with E-state index in [0.29, 0.717) is 12.6 Å². The number of nitrogens with one attached hydrogen (secondary N) is 2. The number of benzene rings is 1. The maximum Gasteiger partial charge on any atom is 0.0736 e. The van der Waals surface area contributed by atoms with Crippen molar-refractivity contribution < 1.29 is 4.74 Å². The highest BCUT2D eigenvalue weighted by Gasteiger charge is 2.13. The zero-order valence-corrected chi connectivity index (χ0v) is 10.5. The van der Waals surface area contributed by atoms with Crippen LogP contribution in [0.15, 0.2) is 24.3 Å². The summed E-state index contributed by atoms with van der Waals surface area (Å²) in [5.41, 5.74) is 2.49. The van der Waals surface area contributed by atoms with Crippen LogP contribution in [0.2, 0.25) is 0 Å². The first-order valence-corrected chi connectivity index (χ1v) is 6.53. The van der Waals surface area contributed by atoms with E-state index in [0.717, 1.165) is 19.7 Å². The molecule has 17 heavy (non-hydrogen) atoms. The highest BCUT2D eigenvalue weighted by molar-refractivity contribution is 5.51. The van der Waals surface area contributed by atoms with Gasteiger partial charge >= 0.3 is 0 Å². The lowest BCUT2D eigenvalue weighted by atomic mass is 10.1. The van der Waals surface area contributed by atoms with Crippen molar-refractivity contribution in [2.45, 2.75) is 32.4 Å². The smallest absolute Gasteiger partial charge is 0.0736 e. The molecule has 3 nitrogen and oxygen atoms in total. The predicted octanol–water partition coefficient (Wildman–Crippen LogP) is 2.39. The van der Waals surface area contributed by atoms with Gasteiger partial charge in [-0.05, 0) is 38.9 Å². The van der Waals surface area contributed by atoms with Crippen molar-refractivity contribution >= 4 is 5.69 Å². The minimum Gasteiger partial charge on any atom is -0.382 e. The minimum atomic E-state index is 0.596. The van der Waals surface area contributed by atoms with Crippen molar-refractivity contribution in [3.63, 3.8) is 0 Å². The first kappa shape index (κ1) is 12.4. The second kappa shape index (κ2) is 6.62. The van der Waals surface area contributed by atoms with Gasteiger partial charge in [-0.15, -0.1) is 0 Å². The van der Waals surface area contributed by atoms with Crippen LogP contribution in [-0.2, 0) is 11.3 Å². The van der Waals surface area contributed by atoms with E-state index in [-0.39, 0.29) is 0 Å². The van der Waals surface area contributed by atoms with Gasteiger partial charge in [-0.1, -0.05) is 18.2 Å². The van der Waals surface area contributed by atoms with Crippen molar-refractivity contribution in [3.8, 4) is 0 Å². The van der Waals surface area contributed by atoms with Gasteiger partial charge in [0.15, 0.2) is 0 Å². The van der Waals surface area contributed by atoms with Gasteiger partial charge in [0.1, 0.15) is 0 Å². The number of ether oxygens (including phenoxy) is 1. The molecule has 0 aromatic heterocycles. The van der Waals surface area contributed by atoms with Gasteiger partial charge in [0.05, 0.1) is 6.61 Å². The Morgan fingerprint density at radius 1 is 1.29 bits per heavy atom. The zero-order valence-electron chi connectivity index (χ0n) is 10.5. The molecule has 1 fully saturated rings. The van der Waals surface area contributed by atoms with Crippen molar-refractivity contribution in [3.05, 3.63) is 29.8 Å². The van der Waals surface area contributed by atoms with Crippen LogP contribution in [0.3, 0.4) is 0 Å². The molecule has 0 radical (unpaired) electrons. The first-order chi connectivity index (χ1) is 8.40. The number of anilines is 1. The summed E-state index contributed by atoms with van der Waals surface area (Å²) in [7, 11) is 0. The normalized spacial score (nSPS) is 17.0. The van der Waals surface area contributed by atoms with Gasteiger partial charge in [0.2, 0.25) is 0 Å². The van der Waals surface area contributed by atoms with E-state index in [1.54, 1.807) is 0 Å². The second-order valence-corrected chi connectivity index (χ2v) is 4.46. The standard InChI is InChI=1S/C14H22N2O/c1-2-17-11-12-5-3-4-6-14(12)16-13-7-9-15-10-8-13/h3-6,13,15-16H,2,7-11H2,1H3. The Morgan fingerprint density at radius 2 is 2.06 bits per heavy atom. The van der Waals surface area contributed by atoms with Crippen molar-refractivity contribution in [2.24, 2.45) is 0 Å². The van der Waals surface area contributed by atoms with Crippen LogP contribution in [0.4, 0.5) is 5.69 Å². The van der Waals surface area contributed by atoms with E-state index in [1.165, 1.54) is 24.1 Å². The SMILES string of the molecule is CCOCc1ccccc1NC1CCNCC1. The molecule has 1 heterocycles. The summed E-state index contributed by atoms with van der Waals surface area (Å²) in [6.45, 7) is 5.73. The van der Waals surface area contributed by atoms with Crippen LogP contribution in [0.1, 0.15) is 25.3 Å². The molecule has 1 aliphatic heterocycles. The summed E-state index contributed by atoms with van der Waals surface area (Å²) in [4.78, 5) is 0. The second-order valence-electron chi connectivity index (χ2n) is 4.46. The monoisotopic (exact) mass is 234 g/mol. The van der Waals surface area contributed by atoms with Gasteiger partial charge in [-0.25, -0.2) is 0 Å². The van der Waals surface area contributed by atoms with Crippen LogP contribution >= 0.6 is 0 Å². The van der Waals surface area contributed by atoms with Crippen LogP contribution in [-0.4, -0.2) is 25.7 Å². The molecule has 0 atom stereocenters. The Labute approximate surface area is 104 Å². The quantitative estimate of drug-likeness (QED) is 0.820. The predicted molar refractivity (Wildman–Crippen MR) is 71.3 cm³/mol. The Morgan fingerprint density at radius 3 is 2.82 bits per heavy atom. The molecule has 0 unspecified atom stereocenters. The van der Waals surface area contributed by atoms with Crippen LogP contribution in [0.25, 0.3) is 0 Å². The Hall–Kier alpha value is -1.06. The Balaban J connectivity index is 1.98. The number of piperidine rings is 1. The number of para-hydroxylation sites is 1. The topological polar surface area (TPSA) is 33.3 Å². The highest BCUT2D eigenvalue weighted by Crippen LogP contribution is 2.19. The molecule has 0 amide bonds. The molecule has 3 heteroatoms. The lowest BCUT2D eigenvalue weighted by molar-refractivity contribution is 0.134. The van der Waals surface area contributed by atoms with E-state index in [1.807, 2.05) is 6.92 Å². The van der Waals surface area contributed by atoms with Gasteiger partial charge in [0.25, 0.3) is 0 Å². The van der Waals surface area contributed by atoms with E-state index in [2.05, 4.69) is 34.9 Å². The Kier molecular flexibility index (Phi) is 4.83. The molecule has 0 aliphatic carbocycles. The number of rotatable bonds is 5. The lowest BCUT2D eigenvalue weighted by Gasteiger charge is -2.25. The molecular formula is C14H22N2O. The van der Waals surface area contributed by atoms with Crippen molar-refractivity contribution in [2.75, 3.05) is 25.0 Å². The Bertz CT molecular complexity index is 335. The average molecular weight is 234 g/mol. The largest absolute Gasteiger partial charge is 0.382 e. The average Bonchev–Trinajstić information content (AvgIpc) is 2.39. The molecule has 1 aliphatic rings. The maximum absolute atomic E-state index is 5.50.